The van der Waals surface area contributed by atoms with Crippen LogP contribution in [0, 0.1) is 0 Å². The number of nitrogens with zero attached hydrogens (tertiary/aromatic N) is 1. The highest BCUT2D eigenvalue weighted by atomic mass is 35.5. The molecule has 0 aromatic heterocycles. The Morgan fingerprint density at radius 3 is 2.64 bits per heavy atom. The number of halogens is 3. The maximum atomic E-state index is 12.6. The molecule has 1 fully saturated rings. The molecule has 0 spiro atoms. The summed E-state index contributed by atoms with van der Waals surface area (Å²) in [7, 11) is 0. The Balaban J connectivity index is 1.50. The predicted octanol–water partition coefficient (Wildman–Crippen LogP) is 7.93. The number of hydrogen-bond acceptors (Lipinski definition) is 3. The molecule has 1 heterocycles. The van der Waals surface area contributed by atoms with Crippen LogP contribution in [0.3, 0.4) is 0 Å². The lowest BCUT2D eigenvalue weighted by Gasteiger charge is -2.23. The van der Waals surface area contributed by atoms with Crippen LogP contribution in [-0.4, -0.2) is 47.8 Å². The summed E-state index contributed by atoms with van der Waals surface area (Å²) in [6, 6.07) is 14.8. The molecule has 2 aliphatic carbocycles. The molecule has 3 aliphatic rings. The minimum absolute atomic E-state index is 0.0855. The summed E-state index contributed by atoms with van der Waals surface area (Å²) in [4.78, 5) is 2.28. The number of benzene rings is 2. The smallest absolute Gasteiger partial charge is 0.119 e. The second-order valence-electron chi connectivity index (χ2n) is 11.4. The molecule has 3 nitrogen and oxygen atoms in total. The van der Waals surface area contributed by atoms with Crippen LogP contribution in [0.1, 0.15) is 68.2 Å². The Morgan fingerprint density at radius 2 is 1.92 bits per heavy atom. The number of hydrogen-bond donors (Lipinski definition) is 1. The average Bonchev–Trinajstić information content (AvgIpc) is 3.26. The van der Waals surface area contributed by atoms with Crippen LogP contribution in [0.25, 0.3) is 5.57 Å². The highest BCUT2D eigenvalue weighted by Gasteiger charge is 2.27. The zero-order chi connectivity index (χ0) is 27.6. The van der Waals surface area contributed by atoms with E-state index in [1.54, 1.807) is 0 Å². The van der Waals surface area contributed by atoms with E-state index in [0.717, 1.165) is 72.8 Å². The average molecular weight is 571 g/mol. The van der Waals surface area contributed by atoms with Gasteiger partial charge < -0.3 is 9.84 Å². The summed E-state index contributed by atoms with van der Waals surface area (Å²) in [5.41, 5.74) is 7.05. The van der Waals surface area contributed by atoms with Crippen molar-refractivity contribution in [2.45, 2.75) is 69.5 Å². The molecule has 1 saturated heterocycles. The number of rotatable bonds is 8. The second-order valence-corrected chi connectivity index (χ2v) is 12.4. The number of ether oxygens (including phenoxy) is 1. The molecule has 39 heavy (non-hydrogen) atoms. The Morgan fingerprint density at radius 1 is 1.13 bits per heavy atom. The summed E-state index contributed by atoms with van der Waals surface area (Å²) >= 11 is 13.2. The lowest BCUT2D eigenvalue weighted by atomic mass is 9.84. The molecule has 2 atom stereocenters. The second kappa shape index (κ2) is 12.2. The van der Waals surface area contributed by atoms with Crippen molar-refractivity contribution in [1.29, 1.82) is 0 Å². The summed E-state index contributed by atoms with van der Waals surface area (Å²) in [5, 5.41) is 11.4. The van der Waals surface area contributed by atoms with E-state index in [2.05, 4.69) is 47.4 Å². The SMILES string of the molecule is CC(C)(O)c1ccc2c(c1)CCCC(C1=C(Cl)CC(Cl)C=C1)=C2c1ccc(OC2CCN(CCCF)C2)cc1. The molecule has 1 aliphatic heterocycles. The van der Waals surface area contributed by atoms with Crippen LogP contribution in [0.4, 0.5) is 4.39 Å². The van der Waals surface area contributed by atoms with Crippen LogP contribution in [0.15, 0.2) is 70.8 Å². The topological polar surface area (TPSA) is 32.7 Å². The van der Waals surface area contributed by atoms with Crippen LogP contribution >= 0.6 is 23.2 Å². The predicted molar refractivity (Wildman–Crippen MR) is 159 cm³/mol. The van der Waals surface area contributed by atoms with E-state index in [1.807, 2.05) is 26.0 Å². The Labute approximate surface area is 242 Å². The van der Waals surface area contributed by atoms with Crippen molar-refractivity contribution in [2.24, 2.45) is 0 Å². The Bertz CT molecular complexity index is 1280. The van der Waals surface area contributed by atoms with Crippen LogP contribution in [-0.2, 0) is 12.0 Å². The molecule has 208 valence electrons. The molecule has 5 rings (SSSR count). The van der Waals surface area contributed by atoms with Gasteiger partial charge in [-0.3, -0.25) is 9.29 Å². The van der Waals surface area contributed by atoms with Crippen LogP contribution in [0.2, 0.25) is 0 Å². The van der Waals surface area contributed by atoms with Gasteiger partial charge in [-0.05, 0) is 97.1 Å². The fourth-order valence-electron chi connectivity index (χ4n) is 5.94. The fourth-order valence-corrected chi connectivity index (χ4v) is 6.59. The maximum Gasteiger partial charge on any atom is 0.119 e. The van der Waals surface area contributed by atoms with E-state index in [9.17, 15) is 9.50 Å². The van der Waals surface area contributed by atoms with E-state index < -0.39 is 5.60 Å². The van der Waals surface area contributed by atoms with Gasteiger partial charge in [-0.15, -0.1) is 11.6 Å². The molecule has 2 aromatic rings. The van der Waals surface area contributed by atoms with E-state index in [0.29, 0.717) is 12.8 Å². The van der Waals surface area contributed by atoms with Gasteiger partial charge in [0.2, 0.25) is 0 Å². The van der Waals surface area contributed by atoms with Crippen LogP contribution < -0.4 is 4.74 Å². The standard InChI is InChI=1S/C33H38Cl2FNO2/c1-33(2,38)24-9-13-28-23(19-24)5-3-6-30(29-14-10-25(34)20-31(29)35)32(28)22-7-11-26(12-8-22)39-27-15-18-37(21-27)17-4-16-36/h7-14,19,25,27,38H,3-6,15-18,20-21H2,1-2H3. The van der Waals surface area contributed by atoms with Gasteiger partial charge in [0.1, 0.15) is 11.9 Å². The highest BCUT2D eigenvalue weighted by molar-refractivity contribution is 6.32. The van der Waals surface area contributed by atoms with Gasteiger partial charge >= 0.3 is 0 Å². The monoisotopic (exact) mass is 569 g/mol. The molecule has 0 saturated carbocycles. The third kappa shape index (κ3) is 6.62. The van der Waals surface area contributed by atoms with E-state index in [1.165, 1.54) is 22.3 Å². The molecule has 1 N–H and O–H groups in total. The van der Waals surface area contributed by atoms with Crippen molar-refractivity contribution in [2.75, 3.05) is 26.3 Å². The third-order valence-electron chi connectivity index (χ3n) is 8.00. The van der Waals surface area contributed by atoms with Gasteiger partial charge in [-0.1, -0.05) is 54.1 Å². The molecule has 0 bridgehead atoms. The number of allylic oxidation sites excluding steroid dienone is 5. The Hall–Kier alpha value is -2.11. The number of aryl methyl sites for hydroxylation is 1. The van der Waals surface area contributed by atoms with Crippen molar-refractivity contribution in [1.82, 2.24) is 4.90 Å². The van der Waals surface area contributed by atoms with Crippen LogP contribution in [0.5, 0.6) is 5.75 Å². The quantitative estimate of drug-likeness (QED) is 0.327. The van der Waals surface area contributed by atoms with Crippen molar-refractivity contribution in [3.63, 3.8) is 0 Å². The summed E-state index contributed by atoms with van der Waals surface area (Å²) < 4.78 is 18.9. The molecule has 0 radical (unpaired) electrons. The van der Waals surface area contributed by atoms with Crippen molar-refractivity contribution in [3.05, 3.63) is 93.0 Å². The molecular weight excluding hydrogens is 532 g/mol. The number of aliphatic hydroxyl groups is 1. The molecule has 2 unspecified atom stereocenters. The normalized spacial score (nSPS) is 22.3. The number of likely N-dealkylation sites (tertiary alicyclic amines) is 1. The zero-order valence-corrected chi connectivity index (χ0v) is 24.4. The summed E-state index contributed by atoms with van der Waals surface area (Å²) in [6.45, 7) is 5.98. The van der Waals surface area contributed by atoms with Gasteiger partial charge in [0.15, 0.2) is 0 Å². The van der Waals surface area contributed by atoms with Gasteiger partial charge in [-0.25, -0.2) is 0 Å². The maximum absolute atomic E-state index is 12.6. The minimum Gasteiger partial charge on any atom is -0.489 e. The number of alkyl halides is 2. The zero-order valence-electron chi connectivity index (χ0n) is 22.9. The van der Waals surface area contributed by atoms with E-state index in [-0.39, 0.29) is 18.2 Å². The first kappa shape index (κ1) is 28.4. The first-order valence-corrected chi connectivity index (χ1v) is 14.9. The van der Waals surface area contributed by atoms with Gasteiger partial charge in [-0.2, -0.15) is 0 Å². The molecule has 6 heteroatoms. The largest absolute Gasteiger partial charge is 0.489 e. The van der Waals surface area contributed by atoms with E-state index >= 15 is 0 Å². The lowest BCUT2D eigenvalue weighted by molar-refractivity contribution is 0.0785. The van der Waals surface area contributed by atoms with Crippen molar-refractivity contribution in [3.8, 4) is 5.75 Å². The molecule has 2 aromatic carbocycles. The summed E-state index contributed by atoms with van der Waals surface area (Å²) in [6.07, 6.45) is 9.25. The third-order valence-corrected chi connectivity index (χ3v) is 8.66. The first-order chi connectivity index (χ1) is 18.7. The Kier molecular flexibility index (Phi) is 8.88. The summed E-state index contributed by atoms with van der Waals surface area (Å²) in [5.74, 6) is 0.851. The van der Waals surface area contributed by atoms with Crippen molar-refractivity contribution >= 4 is 28.8 Å². The van der Waals surface area contributed by atoms with Crippen molar-refractivity contribution < 1.29 is 14.2 Å². The fraction of sp³-hybridized carbons (Fsp3) is 0.455. The van der Waals surface area contributed by atoms with Gasteiger partial charge in [0, 0.05) is 31.1 Å². The van der Waals surface area contributed by atoms with Gasteiger partial charge in [0.05, 0.1) is 17.7 Å². The molecular formula is C33H38Cl2FNO2. The van der Waals surface area contributed by atoms with Gasteiger partial charge in [0.25, 0.3) is 0 Å². The minimum atomic E-state index is -0.901. The lowest BCUT2D eigenvalue weighted by Crippen LogP contribution is -2.26. The van der Waals surface area contributed by atoms with E-state index in [4.69, 9.17) is 27.9 Å². The molecule has 0 amide bonds. The highest BCUT2D eigenvalue weighted by Crippen LogP contribution is 2.43. The first-order valence-electron chi connectivity index (χ1n) is 14.1. The number of fused-ring (bicyclic) bond motifs is 1.